The van der Waals surface area contributed by atoms with E-state index in [1.807, 2.05) is 24.5 Å². The van der Waals surface area contributed by atoms with Crippen LogP contribution in [0, 0.1) is 6.92 Å². The van der Waals surface area contributed by atoms with Crippen LogP contribution < -0.4 is 0 Å². The summed E-state index contributed by atoms with van der Waals surface area (Å²) in [5.74, 6) is -0.999. The summed E-state index contributed by atoms with van der Waals surface area (Å²) in [4.78, 5) is 20.5. The molecule has 0 saturated carbocycles. The Labute approximate surface area is 166 Å². The highest BCUT2D eigenvalue weighted by Gasteiger charge is 2.16. The van der Waals surface area contributed by atoms with Gasteiger partial charge in [0.05, 0.1) is 17.3 Å². The fraction of sp³-hybridized carbons (Fsp3) is 0.0435. The molecule has 2 aromatic carbocycles. The van der Waals surface area contributed by atoms with Crippen molar-refractivity contribution in [3.8, 4) is 22.3 Å². The summed E-state index contributed by atoms with van der Waals surface area (Å²) in [5, 5.41) is 14.7. The Morgan fingerprint density at radius 1 is 0.931 bits per heavy atom. The zero-order valence-corrected chi connectivity index (χ0v) is 15.6. The molecule has 6 heteroatoms. The molecule has 0 aliphatic carbocycles. The minimum absolute atomic E-state index is 0.176. The Kier molecular flexibility index (Phi) is 3.84. The molecule has 5 aromatic rings. The van der Waals surface area contributed by atoms with Gasteiger partial charge in [-0.05, 0) is 30.2 Å². The summed E-state index contributed by atoms with van der Waals surface area (Å²) in [6, 6.07) is 15.3. The number of fused-ring (bicyclic) bond motifs is 2. The molecule has 0 aliphatic heterocycles. The highest BCUT2D eigenvalue weighted by atomic mass is 16.4. The van der Waals surface area contributed by atoms with Crippen molar-refractivity contribution in [3.63, 3.8) is 0 Å². The molecule has 0 aliphatic rings. The van der Waals surface area contributed by atoms with Crippen LogP contribution in [0.3, 0.4) is 0 Å². The Bertz CT molecular complexity index is 1390. The first kappa shape index (κ1) is 17.1. The monoisotopic (exact) mass is 380 g/mol. The first-order valence-electron chi connectivity index (χ1n) is 9.13. The number of hydrogen-bond acceptors (Lipinski definition) is 4. The normalized spacial score (nSPS) is 11.2. The summed E-state index contributed by atoms with van der Waals surface area (Å²) >= 11 is 0. The smallest absolute Gasteiger partial charge is 0.337 e. The molecule has 0 fully saturated rings. The minimum atomic E-state index is -0.999. The zero-order chi connectivity index (χ0) is 20.0. The number of pyridine rings is 1. The highest BCUT2D eigenvalue weighted by Crippen LogP contribution is 2.32. The predicted octanol–water partition coefficient (Wildman–Crippen LogP) is 4.62. The van der Waals surface area contributed by atoms with E-state index in [-0.39, 0.29) is 5.56 Å². The number of carboxylic acid groups (broad SMARTS) is 1. The van der Waals surface area contributed by atoms with Gasteiger partial charge in [0.1, 0.15) is 0 Å². The van der Waals surface area contributed by atoms with E-state index in [4.69, 9.17) is 0 Å². The molecule has 3 aromatic heterocycles. The van der Waals surface area contributed by atoms with Crippen LogP contribution in [-0.4, -0.2) is 30.7 Å². The summed E-state index contributed by atoms with van der Waals surface area (Å²) in [5.41, 5.74) is 6.26. The van der Waals surface area contributed by atoms with Crippen molar-refractivity contribution < 1.29 is 9.90 Å². The molecule has 6 nitrogen and oxygen atoms in total. The number of rotatable bonds is 3. The van der Waals surface area contributed by atoms with E-state index in [0.717, 1.165) is 27.6 Å². The molecule has 0 amide bonds. The lowest BCUT2D eigenvalue weighted by Crippen LogP contribution is -1.99. The lowest BCUT2D eigenvalue weighted by Gasteiger charge is -2.07. The van der Waals surface area contributed by atoms with Gasteiger partial charge < -0.3 is 5.11 Å². The van der Waals surface area contributed by atoms with Crippen LogP contribution >= 0.6 is 0 Å². The SMILES string of the molecule is Cc1ccc(-c2cnc3c(-c4ccnc5c(C(=O)O)cccc45)cnn3c2)cc1. The third-order valence-electron chi connectivity index (χ3n) is 5.03. The maximum Gasteiger partial charge on any atom is 0.337 e. The number of aromatic carboxylic acids is 1. The fourth-order valence-electron chi connectivity index (χ4n) is 3.54. The van der Waals surface area contributed by atoms with Gasteiger partial charge in [-0.25, -0.2) is 14.3 Å². The lowest BCUT2D eigenvalue weighted by molar-refractivity contribution is 0.0699. The third-order valence-corrected chi connectivity index (χ3v) is 5.03. The zero-order valence-electron chi connectivity index (χ0n) is 15.6. The van der Waals surface area contributed by atoms with Crippen LogP contribution in [0.4, 0.5) is 0 Å². The van der Waals surface area contributed by atoms with Crippen molar-refractivity contribution in [2.24, 2.45) is 0 Å². The van der Waals surface area contributed by atoms with Gasteiger partial charge in [0.15, 0.2) is 5.65 Å². The number of carboxylic acids is 1. The van der Waals surface area contributed by atoms with Crippen molar-refractivity contribution >= 4 is 22.5 Å². The molecule has 0 atom stereocenters. The molecule has 1 N–H and O–H groups in total. The quantitative estimate of drug-likeness (QED) is 0.494. The van der Waals surface area contributed by atoms with Gasteiger partial charge in [0, 0.05) is 35.1 Å². The van der Waals surface area contributed by atoms with Crippen LogP contribution in [-0.2, 0) is 0 Å². The largest absolute Gasteiger partial charge is 0.478 e. The Morgan fingerprint density at radius 3 is 2.55 bits per heavy atom. The molecule has 0 spiro atoms. The summed E-state index contributed by atoms with van der Waals surface area (Å²) < 4.78 is 1.75. The minimum Gasteiger partial charge on any atom is -0.478 e. The van der Waals surface area contributed by atoms with Gasteiger partial charge in [-0.1, -0.05) is 42.0 Å². The van der Waals surface area contributed by atoms with Gasteiger partial charge in [-0.15, -0.1) is 0 Å². The number of benzene rings is 2. The molecule has 3 heterocycles. The average Bonchev–Trinajstić information content (AvgIpc) is 3.16. The van der Waals surface area contributed by atoms with Crippen molar-refractivity contribution in [1.82, 2.24) is 19.6 Å². The van der Waals surface area contributed by atoms with E-state index in [0.29, 0.717) is 11.2 Å². The number of nitrogens with zero attached hydrogens (tertiary/aromatic N) is 4. The van der Waals surface area contributed by atoms with Gasteiger partial charge in [0.2, 0.25) is 0 Å². The lowest BCUT2D eigenvalue weighted by atomic mass is 10.0. The molecule has 0 bridgehead atoms. The summed E-state index contributed by atoms with van der Waals surface area (Å²) in [6.45, 7) is 2.06. The number of para-hydroxylation sites is 1. The van der Waals surface area contributed by atoms with E-state index in [9.17, 15) is 9.90 Å². The second-order valence-corrected chi connectivity index (χ2v) is 6.90. The third kappa shape index (κ3) is 2.82. The average molecular weight is 380 g/mol. The molecule has 0 radical (unpaired) electrons. The van der Waals surface area contributed by atoms with E-state index < -0.39 is 5.97 Å². The van der Waals surface area contributed by atoms with E-state index >= 15 is 0 Å². The summed E-state index contributed by atoms with van der Waals surface area (Å²) in [6.07, 6.45) is 7.15. The Hall–Kier alpha value is -4.06. The van der Waals surface area contributed by atoms with Gasteiger partial charge >= 0.3 is 5.97 Å². The van der Waals surface area contributed by atoms with E-state index in [1.165, 1.54) is 5.56 Å². The van der Waals surface area contributed by atoms with E-state index in [1.54, 1.807) is 29.0 Å². The van der Waals surface area contributed by atoms with Crippen molar-refractivity contribution in [3.05, 3.63) is 84.4 Å². The Balaban J connectivity index is 1.68. The second-order valence-electron chi connectivity index (χ2n) is 6.90. The first-order chi connectivity index (χ1) is 14.1. The van der Waals surface area contributed by atoms with Gasteiger partial charge in [-0.3, -0.25) is 4.98 Å². The standard InChI is InChI=1S/C23H16N4O2/c1-14-5-7-15(8-6-14)16-11-25-22-20(12-26-27(22)13-16)17-9-10-24-21-18(17)3-2-4-19(21)23(28)29/h2-13H,1H3,(H,28,29). The van der Waals surface area contributed by atoms with Gasteiger partial charge in [0.25, 0.3) is 0 Å². The van der Waals surface area contributed by atoms with Crippen LogP contribution in [0.15, 0.2) is 73.3 Å². The molecular weight excluding hydrogens is 364 g/mol. The van der Waals surface area contributed by atoms with Crippen molar-refractivity contribution in [2.75, 3.05) is 0 Å². The molecule has 0 unspecified atom stereocenters. The van der Waals surface area contributed by atoms with Crippen LogP contribution in [0.5, 0.6) is 0 Å². The summed E-state index contributed by atoms with van der Waals surface area (Å²) in [7, 11) is 0. The molecule has 5 rings (SSSR count). The van der Waals surface area contributed by atoms with Crippen LogP contribution in [0.1, 0.15) is 15.9 Å². The predicted molar refractivity (Wildman–Crippen MR) is 111 cm³/mol. The Morgan fingerprint density at radius 2 is 1.76 bits per heavy atom. The topological polar surface area (TPSA) is 80.4 Å². The van der Waals surface area contributed by atoms with Gasteiger partial charge in [-0.2, -0.15) is 5.10 Å². The number of aromatic nitrogens is 4. The van der Waals surface area contributed by atoms with E-state index in [2.05, 4.69) is 46.3 Å². The highest BCUT2D eigenvalue weighted by molar-refractivity contribution is 6.07. The number of hydrogen-bond donors (Lipinski definition) is 1. The molecule has 29 heavy (non-hydrogen) atoms. The van der Waals surface area contributed by atoms with Crippen molar-refractivity contribution in [2.45, 2.75) is 6.92 Å². The molecule has 0 saturated heterocycles. The van der Waals surface area contributed by atoms with Crippen LogP contribution in [0.2, 0.25) is 0 Å². The first-order valence-corrected chi connectivity index (χ1v) is 9.13. The maximum absolute atomic E-state index is 11.5. The van der Waals surface area contributed by atoms with Crippen molar-refractivity contribution in [1.29, 1.82) is 0 Å². The second kappa shape index (κ2) is 6.53. The maximum atomic E-state index is 11.5. The molecule has 140 valence electrons. The number of aryl methyl sites for hydroxylation is 1. The molecular formula is C23H16N4O2. The fourth-order valence-corrected chi connectivity index (χ4v) is 3.54. The van der Waals surface area contributed by atoms with Crippen LogP contribution in [0.25, 0.3) is 38.8 Å². The number of carbonyl (C=O) groups is 1.